The van der Waals surface area contributed by atoms with Gasteiger partial charge in [0.25, 0.3) is 0 Å². The van der Waals surface area contributed by atoms with Crippen LogP contribution in [-0.2, 0) is 0 Å². The van der Waals surface area contributed by atoms with Crippen LogP contribution in [0.15, 0.2) is 45.8 Å². The Morgan fingerprint density at radius 2 is 1.81 bits per heavy atom. The quantitative estimate of drug-likeness (QED) is 0.576. The topological polar surface area (TPSA) is 12.0 Å². The van der Waals surface area contributed by atoms with Crippen molar-refractivity contribution in [1.82, 2.24) is 5.32 Å². The molecule has 0 radical (unpaired) electrons. The summed E-state index contributed by atoms with van der Waals surface area (Å²) >= 11 is 4.84. The number of thioether (sulfide) groups is 1. The van der Waals surface area contributed by atoms with Gasteiger partial charge in [-0.25, -0.2) is 8.78 Å². The van der Waals surface area contributed by atoms with Gasteiger partial charge in [-0.15, -0.1) is 11.8 Å². The van der Waals surface area contributed by atoms with Crippen molar-refractivity contribution < 1.29 is 8.78 Å². The van der Waals surface area contributed by atoms with Crippen LogP contribution in [0, 0.1) is 11.6 Å². The summed E-state index contributed by atoms with van der Waals surface area (Å²) in [6.45, 7) is 2.08. The Labute approximate surface area is 136 Å². The molecule has 1 N–H and O–H groups in total. The van der Waals surface area contributed by atoms with Crippen molar-refractivity contribution in [3.8, 4) is 0 Å². The number of benzene rings is 2. The van der Waals surface area contributed by atoms with E-state index in [0.717, 1.165) is 16.2 Å². The zero-order chi connectivity index (χ0) is 15.4. The van der Waals surface area contributed by atoms with Crippen LogP contribution in [0.25, 0.3) is 0 Å². The fraction of sp³-hybridized carbons (Fsp3) is 0.250. The number of hydrogen-bond donors (Lipinski definition) is 1. The van der Waals surface area contributed by atoms with E-state index in [9.17, 15) is 8.78 Å². The fourth-order valence-corrected chi connectivity index (χ4v) is 3.22. The molecule has 2 rings (SSSR count). The molecule has 0 spiro atoms. The Kier molecular flexibility index (Phi) is 5.79. The van der Waals surface area contributed by atoms with E-state index in [1.807, 2.05) is 24.3 Å². The second-order valence-corrected chi connectivity index (χ2v) is 6.67. The minimum absolute atomic E-state index is 0.0303. The Bertz CT molecular complexity index is 616. The van der Waals surface area contributed by atoms with Crippen LogP contribution < -0.4 is 5.32 Å². The van der Waals surface area contributed by atoms with Gasteiger partial charge in [0.2, 0.25) is 0 Å². The standard InChI is InChI=1S/C16H16BrF2NS/c1-3-21-11-6-4-10(5-7-11)16(20-2)14-13(18)9-8-12(17)15(14)19/h4-9,16,20H,3H2,1-2H3. The van der Waals surface area contributed by atoms with Crippen molar-refractivity contribution >= 4 is 27.7 Å². The molecule has 1 unspecified atom stereocenters. The molecule has 21 heavy (non-hydrogen) atoms. The van der Waals surface area contributed by atoms with Gasteiger partial charge in [-0.05, 0) is 58.6 Å². The second-order valence-electron chi connectivity index (χ2n) is 4.48. The lowest BCUT2D eigenvalue weighted by atomic mass is 9.98. The monoisotopic (exact) mass is 371 g/mol. The first-order valence-corrected chi connectivity index (χ1v) is 8.39. The molecule has 5 heteroatoms. The van der Waals surface area contributed by atoms with E-state index >= 15 is 0 Å². The fourth-order valence-electron chi connectivity index (χ4n) is 2.21. The first-order valence-electron chi connectivity index (χ1n) is 6.61. The van der Waals surface area contributed by atoms with Crippen molar-refractivity contribution in [2.75, 3.05) is 12.8 Å². The molecule has 0 bridgehead atoms. The lowest BCUT2D eigenvalue weighted by Crippen LogP contribution is -2.20. The smallest absolute Gasteiger partial charge is 0.145 e. The van der Waals surface area contributed by atoms with E-state index in [-0.39, 0.29) is 10.0 Å². The number of hydrogen-bond acceptors (Lipinski definition) is 2. The van der Waals surface area contributed by atoms with Crippen molar-refractivity contribution in [2.24, 2.45) is 0 Å². The van der Waals surface area contributed by atoms with Crippen LogP contribution in [0.4, 0.5) is 8.78 Å². The maximum Gasteiger partial charge on any atom is 0.145 e. The summed E-state index contributed by atoms with van der Waals surface area (Å²) in [6.07, 6.45) is 0. The molecule has 0 aromatic heterocycles. The zero-order valence-corrected chi connectivity index (χ0v) is 14.2. The van der Waals surface area contributed by atoms with E-state index in [2.05, 4.69) is 28.2 Å². The van der Waals surface area contributed by atoms with Crippen molar-refractivity contribution in [3.05, 3.63) is 63.6 Å². The third-order valence-electron chi connectivity index (χ3n) is 3.18. The normalized spacial score (nSPS) is 12.4. The summed E-state index contributed by atoms with van der Waals surface area (Å²) in [5.41, 5.74) is 0.858. The van der Waals surface area contributed by atoms with Crippen LogP contribution in [0.5, 0.6) is 0 Å². The summed E-state index contributed by atoms with van der Waals surface area (Å²) in [4.78, 5) is 1.14. The molecule has 0 aliphatic heterocycles. The minimum Gasteiger partial charge on any atom is -0.309 e. The predicted octanol–water partition coefficient (Wildman–Crippen LogP) is 5.15. The highest BCUT2D eigenvalue weighted by Crippen LogP contribution is 2.31. The highest BCUT2D eigenvalue weighted by molar-refractivity contribution is 9.10. The van der Waals surface area contributed by atoms with Gasteiger partial charge in [0.1, 0.15) is 11.6 Å². The van der Waals surface area contributed by atoms with Gasteiger partial charge in [-0.3, -0.25) is 0 Å². The molecule has 0 heterocycles. The van der Waals surface area contributed by atoms with E-state index in [1.54, 1.807) is 18.8 Å². The van der Waals surface area contributed by atoms with Crippen LogP contribution in [0.3, 0.4) is 0 Å². The Balaban J connectivity index is 2.42. The van der Waals surface area contributed by atoms with Gasteiger partial charge in [-0.2, -0.15) is 0 Å². The summed E-state index contributed by atoms with van der Waals surface area (Å²) in [5, 5.41) is 2.99. The van der Waals surface area contributed by atoms with E-state index in [4.69, 9.17) is 0 Å². The molecule has 0 amide bonds. The minimum atomic E-state index is -0.568. The molecular weight excluding hydrogens is 356 g/mol. The van der Waals surface area contributed by atoms with E-state index in [1.165, 1.54) is 12.1 Å². The van der Waals surface area contributed by atoms with Gasteiger partial charge >= 0.3 is 0 Å². The highest BCUT2D eigenvalue weighted by Gasteiger charge is 2.22. The second kappa shape index (κ2) is 7.38. The molecule has 1 nitrogen and oxygen atoms in total. The maximum atomic E-state index is 14.3. The number of rotatable bonds is 5. The SMILES string of the molecule is CCSc1ccc(C(NC)c2c(F)ccc(Br)c2F)cc1. The maximum absolute atomic E-state index is 14.3. The van der Waals surface area contributed by atoms with Crippen LogP contribution in [0.1, 0.15) is 24.1 Å². The molecule has 0 aliphatic carbocycles. The van der Waals surface area contributed by atoms with Gasteiger partial charge in [-0.1, -0.05) is 19.1 Å². The largest absolute Gasteiger partial charge is 0.309 e. The summed E-state index contributed by atoms with van der Waals surface area (Å²) in [6, 6.07) is 9.88. The lowest BCUT2D eigenvalue weighted by Gasteiger charge is -2.19. The molecule has 0 saturated heterocycles. The average Bonchev–Trinajstić information content (AvgIpc) is 2.49. The number of nitrogens with one attached hydrogen (secondary N) is 1. The lowest BCUT2D eigenvalue weighted by molar-refractivity contribution is 0.518. The van der Waals surface area contributed by atoms with Crippen LogP contribution >= 0.6 is 27.7 Å². The first-order chi connectivity index (χ1) is 10.1. The third kappa shape index (κ3) is 3.65. The Morgan fingerprint density at radius 1 is 1.14 bits per heavy atom. The van der Waals surface area contributed by atoms with E-state index < -0.39 is 17.7 Å². The Morgan fingerprint density at radius 3 is 2.38 bits per heavy atom. The zero-order valence-electron chi connectivity index (χ0n) is 11.8. The van der Waals surface area contributed by atoms with Crippen LogP contribution in [-0.4, -0.2) is 12.8 Å². The van der Waals surface area contributed by atoms with Gasteiger partial charge in [0, 0.05) is 10.5 Å². The molecule has 1 atom stereocenters. The highest BCUT2D eigenvalue weighted by atomic mass is 79.9. The summed E-state index contributed by atoms with van der Waals surface area (Å²) < 4.78 is 28.6. The first kappa shape index (κ1) is 16.5. The van der Waals surface area contributed by atoms with Crippen molar-refractivity contribution in [1.29, 1.82) is 0 Å². The molecule has 2 aromatic rings. The molecule has 0 aliphatic rings. The molecule has 0 fully saturated rings. The van der Waals surface area contributed by atoms with Crippen LogP contribution in [0.2, 0.25) is 0 Å². The molecular formula is C16H16BrF2NS. The van der Waals surface area contributed by atoms with Gasteiger partial charge < -0.3 is 5.32 Å². The summed E-state index contributed by atoms with van der Waals surface area (Å²) in [7, 11) is 1.69. The van der Waals surface area contributed by atoms with E-state index in [0.29, 0.717) is 0 Å². The third-order valence-corrected chi connectivity index (χ3v) is 4.69. The van der Waals surface area contributed by atoms with Gasteiger partial charge in [0.15, 0.2) is 0 Å². The Hall–Kier alpha value is -0.910. The predicted molar refractivity (Wildman–Crippen MR) is 87.8 cm³/mol. The molecule has 0 saturated carbocycles. The number of halogens is 3. The average molecular weight is 372 g/mol. The van der Waals surface area contributed by atoms with Gasteiger partial charge in [0.05, 0.1) is 10.5 Å². The summed E-state index contributed by atoms with van der Waals surface area (Å²) in [5.74, 6) is -0.132. The van der Waals surface area contributed by atoms with Crippen molar-refractivity contribution in [3.63, 3.8) is 0 Å². The van der Waals surface area contributed by atoms with Crippen molar-refractivity contribution in [2.45, 2.75) is 17.9 Å². The molecule has 2 aromatic carbocycles. The molecule has 112 valence electrons.